The number of thioether (sulfide) groups is 1. The highest BCUT2D eigenvalue weighted by Crippen LogP contribution is 2.22. The summed E-state index contributed by atoms with van der Waals surface area (Å²) in [6.45, 7) is 3.41. The number of benzene rings is 1. The molecule has 0 radical (unpaired) electrons. The van der Waals surface area contributed by atoms with Gasteiger partial charge < -0.3 is 10.1 Å². The third-order valence-electron chi connectivity index (χ3n) is 2.19. The number of ether oxygens (including phenoxy) is 1. The molecule has 1 atom stereocenters. The van der Waals surface area contributed by atoms with Crippen LogP contribution in [0.4, 0.5) is 8.78 Å². The Labute approximate surface area is 105 Å². The zero-order chi connectivity index (χ0) is 12.7. The van der Waals surface area contributed by atoms with Crippen LogP contribution in [0.5, 0.6) is 0 Å². The van der Waals surface area contributed by atoms with Crippen LogP contribution in [0.1, 0.15) is 6.92 Å². The highest BCUT2D eigenvalue weighted by molar-refractivity contribution is 7.99. The summed E-state index contributed by atoms with van der Waals surface area (Å²) < 4.78 is 31.1. The highest BCUT2D eigenvalue weighted by Gasteiger charge is 2.10. The van der Waals surface area contributed by atoms with Crippen molar-refractivity contribution in [1.82, 2.24) is 5.32 Å². The van der Waals surface area contributed by atoms with Crippen LogP contribution >= 0.6 is 11.8 Å². The van der Waals surface area contributed by atoms with Gasteiger partial charge in [-0.05, 0) is 18.7 Å². The molecule has 1 rings (SSSR count). The minimum Gasteiger partial charge on any atom is -0.383 e. The van der Waals surface area contributed by atoms with E-state index < -0.39 is 11.6 Å². The summed E-state index contributed by atoms with van der Waals surface area (Å²) in [4.78, 5) is 0.463. The van der Waals surface area contributed by atoms with Crippen molar-refractivity contribution in [3.63, 3.8) is 0 Å². The summed E-state index contributed by atoms with van der Waals surface area (Å²) in [6, 6.07) is 3.80. The lowest BCUT2D eigenvalue weighted by atomic mass is 10.3. The smallest absolute Gasteiger partial charge is 0.139 e. The first kappa shape index (κ1) is 14.4. The number of nitrogens with one attached hydrogen (secondary N) is 1. The molecule has 0 amide bonds. The van der Waals surface area contributed by atoms with Crippen LogP contribution < -0.4 is 5.32 Å². The minimum absolute atomic E-state index is 0.166. The maximum atomic E-state index is 13.4. The molecule has 17 heavy (non-hydrogen) atoms. The Morgan fingerprint density at radius 2 is 2.18 bits per heavy atom. The topological polar surface area (TPSA) is 21.3 Å². The second kappa shape index (κ2) is 7.63. The summed E-state index contributed by atoms with van der Waals surface area (Å²) >= 11 is 1.36. The van der Waals surface area contributed by atoms with Crippen molar-refractivity contribution < 1.29 is 13.5 Å². The molecule has 0 bridgehead atoms. The maximum absolute atomic E-state index is 13.4. The molecule has 0 aliphatic rings. The SMILES string of the molecule is CCNC(COC)CSc1ccc(F)cc1F. The second-order valence-electron chi connectivity index (χ2n) is 3.60. The molecule has 0 heterocycles. The fourth-order valence-electron chi connectivity index (χ4n) is 1.44. The van der Waals surface area contributed by atoms with E-state index in [1.807, 2.05) is 6.92 Å². The first-order valence-electron chi connectivity index (χ1n) is 5.47. The molecule has 1 unspecified atom stereocenters. The summed E-state index contributed by atoms with van der Waals surface area (Å²) in [7, 11) is 1.63. The van der Waals surface area contributed by atoms with Gasteiger partial charge >= 0.3 is 0 Å². The van der Waals surface area contributed by atoms with Crippen molar-refractivity contribution in [2.75, 3.05) is 26.0 Å². The molecule has 5 heteroatoms. The third kappa shape index (κ3) is 5.02. The van der Waals surface area contributed by atoms with Crippen LogP contribution in [0, 0.1) is 11.6 Å². The first-order valence-corrected chi connectivity index (χ1v) is 6.46. The number of hydrogen-bond acceptors (Lipinski definition) is 3. The van der Waals surface area contributed by atoms with E-state index in [0.717, 1.165) is 12.6 Å². The molecule has 0 spiro atoms. The Bertz CT molecular complexity index is 343. The molecule has 1 aromatic rings. The number of likely N-dealkylation sites (N-methyl/N-ethyl adjacent to an activating group) is 1. The maximum Gasteiger partial charge on any atom is 0.139 e. The Balaban J connectivity index is 2.52. The Morgan fingerprint density at radius 3 is 2.76 bits per heavy atom. The predicted molar refractivity (Wildman–Crippen MR) is 66.4 cm³/mol. The molecule has 1 aromatic carbocycles. The molecule has 0 aliphatic heterocycles. The van der Waals surface area contributed by atoms with Crippen molar-refractivity contribution >= 4 is 11.8 Å². The van der Waals surface area contributed by atoms with E-state index in [9.17, 15) is 8.78 Å². The lowest BCUT2D eigenvalue weighted by molar-refractivity contribution is 0.174. The molecule has 1 N–H and O–H groups in total. The molecule has 96 valence electrons. The van der Waals surface area contributed by atoms with Gasteiger partial charge in [-0.2, -0.15) is 0 Å². The van der Waals surface area contributed by atoms with Gasteiger partial charge in [0.2, 0.25) is 0 Å². The van der Waals surface area contributed by atoms with Crippen LogP contribution in [0.15, 0.2) is 23.1 Å². The fraction of sp³-hybridized carbons (Fsp3) is 0.500. The van der Waals surface area contributed by atoms with Gasteiger partial charge in [0.05, 0.1) is 6.61 Å². The lowest BCUT2D eigenvalue weighted by Crippen LogP contribution is -2.35. The van der Waals surface area contributed by atoms with Crippen molar-refractivity contribution in [3.8, 4) is 0 Å². The average Bonchev–Trinajstić information content (AvgIpc) is 2.28. The van der Waals surface area contributed by atoms with Gasteiger partial charge in [-0.25, -0.2) is 8.78 Å². The molecule has 0 aromatic heterocycles. The van der Waals surface area contributed by atoms with Gasteiger partial charge in [0.1, 0.15) is 11.6 Å². The van der Waals surface area contributed by atoms with Crippen LogP contribution in [0.2, 0.25) is 0 Å². The van der Waals surface area contributed by atoms with Crippen molar-refractivity contribution in [2.45, 2.75) is 17.9 Å². The number of methoxy groups -OCH3 is 1. The highest BCUT2D eigenvalue weighted by atomic mass is 32.2. The van der Waals surface area contributed by atoms with Crippen molar-refractivity contribution in [1.29, 1.82) is 0 Å². The zero-order valence-corrected chi connectivity index (χ0v) is 10.8. The van der Waals surface area contributed by atoms with Gasteiger partial charge in [-0.1, -0.05) is 6.92 Å². The number of rotatable bonds is 7. The molecule has 0 saturated heterocycles. The number of hydrogen-bond donors (Lipinski definition) is 1. The van der Waals surface area contributed by atoms with E-state index >= 15 is 0 Å². The molecule has 2 nitrogen and oxygen atoms in total. The standard InChI is InChI=1S/C12H17F2NOS/c1-3-15-10(7-16-2)8-17-12-5-4-9(13)6-11(12)14/h4-6,10,15H,3,7-8H2,1-2H3. The Kier molecular flexibility index (Phi) is 6.47. The fourth-order valence-corrected chi connectivity index (χ4v) is 2.39. The van der Waals surface area contributed by atoms with Crippen LogP contribution in [-0.2, 0) is 4.74 Å². The zero-order valence-electron chi connectivity index (χ0n) is 10.0. The summed E-state index contributed by atoms with van der Waals surface area (Å²) in [5.74, 6) is -0.376. The van der Waals surface area contributed by atoms with Crippen LogP contribution in [0.3, 0.4) is 0 Å². The molecule has 0 saturated carbocycles. The molecular weight excluding hydrogens is 244 g/mol. The van der Waals surface area contributed by atoms with Crippen LogP contribution in [-0.4, -0.2) is 32.1 Å². The predicted octanol–water partition coefficient (Wildman–Crippen LogP) is 2.68. The summed E-state index contributed by atoms with van der Waals surface area (Å²) in [5.41, 5.74) is 0. The Hall–Kier alpha value is -0.650. The quantitative estimate of drug-likeness (QED) is 0.763. The molecular formula is C12H17F2NOS. The molecule has 0 aliphatic carbocycles. The second-order valence-corrected chi connectivity index (χ2v) is 4.66. The number of halogens is 2. The Morgan fingerprint density at radius 1 is 1.41 bits per heavy atom. The monoisotopic (exact) mass is 261 g/mol. The van der Waals surface area contributed by atoms with E-state index in [-0.39, 0.29) is 6.04 Å². The van der Waals surface area contributed by atoms with Gasteiger partial charge in [0.25, 0.3) is 0 Å². The van der Waals surface area contributed by atoms with Crippen molar-refractivity contribution in [2.24, 2.45) is 0 Å². The first-order chi connectivity index (χ1) is 8.17. The lowest BCUT2D eigenvalue weighted by Gasteiger charge is -2.16. The summed E-state index contributed by atoms with van der Waals surface area (Å²) in [5, 5.41) is 3.24. The van der Waals surface area contributed by atoms with E-state index in [4.69, 9.17) is 4.74 Å². The van der Waals surface area contributed by atoms with E-state index in [1.54, 1.807) is 7.11 Å². The van der Waals surface area contributed by atoms with Crippen LogP contribution in [0.25, 0.3) is 0 Å². The van der Waals surface area contributed by atoms with Gasteiger partial charge in [-0.15, -0.1) is 11.8 Å². The minimum atomic E-state index is -0.549. The van der Waals surface area contributed by atoms with E-state index in [2.05, 4.69) is 5.32 Å². The molecule has 0 fully saturated rings. The summed E-state index contributed by atoms with van der Waals surface area (Å²) in [6.07, 6.45) is 0. The largest absolute Gasteiger partial charge is 0.383 e. The van der Waals surface area contributed by atoms with E-state index in [0.29, 0.717) is 17.3 Å². The van der Waals surface area contributed by atoms with E-state index in [1.165, 1.54) is 23.9 Å². The van der Waals surface area contributed by atoms with Gasteiger partial charge in [0.15, 0.2) is 0 Å². The average molecular weight is 261 g/mol. The third-order valence-corrected chi connectivity index (χ3v) is 3.41. The normalized spacial score (nSPS) is 12.7. The van der Waals surface area contributed by atoms with Crippen molar-refractivity contribution in [3.05, 3.63) is 29.8 Å². The van der Waals surface area contributed by atoms with Gasteiger partial charge in [0, 0.05) is 29.9 Å². The van der Waals surface area contributed by atoms with Gasteiger partial charge in [-0.3, -0.25) is 0 Å².